The fourth-order valence-corrected chi connectivity index (χ4v) is 8.03. The Morgan fingerprint density at radius 3 is 2.24 bits per heavy atom. The fourth-order valence-electron chi connectivity index (χ4n) is 6.32. The van der Waals surface area contributed by atoms with Gasteiger partial charge in [-0.3, -0.25) is 19.2 Å². The van der Waals surface area contributed by atoms with E-state index >= 15 is 0 Å². The van der Waals surface area contributed by atoms with Crippen LogP contribution < -0.4 is 16.0 Å². The molecule has 11 nitrogen and oxygen atoms in total. The summed E-state index contributed by atoms with van der Waals surface area (Å²) in [5.74, 6) is -0.355. The Morgan fingerprint density at radius 2 is 1.53 bits per heavy atom. The van der Waals surface area contributed by atoms with Crippen LogP contribution in [0.3, 0.4) is 0 Å². The standard InChI is InChI=1S/C36H49N7O4S2/c1-25(2)21-27-35-41-30(24-49-35)34(47)39-28(22-26-11-4-3-5-12-26)36-40-29(23-48-36)33(46)37-15-10-20-43(19-8-13-31(44)38-27)32(45)14-9-18-42-16-6-7-17-42/h3-5,11-12,23-25,27-28H,6-10,13-22H2,1-2H3,(H,37,46)(H,38,44)(H,39,47)/t27-,28-/m0/s1. The Labute approximate surface area is 297 Å². The SMILES string of the molecule is CC(C)C[C@@H]1NC(=O)CCCN(C(=O)CCCN2CCCC2)CCCNC(=O)c2csc(n2)[C@H](Cc2ccccc2)NC(=O)c2csc1n2. The Hall–Kier alpha value is -3.68. The van der Waals surface area contributed by atoms with E-state index in [9.17, 15) is 19.2 Å². The Kier molecular flexibility index (Phi) is 13.7. The molecule has 0 radical (unpaired) electrons. The predicted molar refractivity (Wildman–Crippen MR) is 193 cm³/mol. The van der Waals surface area contributed by atoms with Crippen LogP contribution in [0.4, 0.5) is 0 Å². The highest BCUT2D eigenvalue weighted by atomic mass is 32.1. The molecule has 3 N–H and O–H groups in total. The van der Waals surface area contributed by atoms with Gasteiger partial charge in [0.05, 0.1) is 12.1 Å². The van der Waals surface area contributed by atoms with Crippen LogP contribution >= 0.6 is 22.7 Å². The molecule has 4 bridgehead atoms. The zero-order valence-corrected chi connectivity index (χ0v) is 30.3. The van der Waals surface area contributed by atoms with Gasteiger partial charge in [0.2, 0.25) is 11.8 Å². The number of benzene rings is 1. The van der Waals surface area contributed by atoms with Crippen molar-refractivity contribution in [3.8, 4) is 0 Å². The molecule has 4 heterocycles. The van der Waals surface area contributed by atoms with E-state index < -0.39 is 6.04 Å². The number of fused-ring (bicyclic) bond motifs is 4. The summed E-state index contributed by atoms with van der Waals surface area (Å²) in [6.07, 6.45) is 6.29. The van der Waals surface area contributed by atoms with E-state index in [0.717, 1.165) is 31.6 Å². The van der Waals surface area contributed by atoms with E-state index in [0.29, 0.717) is 73.4 Å². The molecule has 2 aliphatic heterocycles. The third-order valence-electron chi connectivity index (χ3n) is 8.87. The zero-order chi connectivity index (χ0) is 34.6. The van der Waals surface area contributed by atoms with Crippen LogP contribution in [0.2, 0.25) is 0 Å². The molecule has 0 aliphatic carbocycles. The molecule has 13 heteroatoms. The minimum Gasteiger partial charge on any atom is -0.351 e. The Balaban J connectivity index is 1.34. The van der Waals surface area contributed by atoms with Crippen molar-refractivity contribution in [2.45, 2.75) is 83.7 Å². The number of aromatic nitrogens is 2. The van der Waals surface area contributed by atoms with Gasteiger partial charge < -0.3 is 25.8 Å². The zero-order valence-electron chi connectivity index (χ0n) is 28.6. The molecule has 264 valence electrons. The third-order valence-corrected chi connectivity index (χ3v) is 10.8. The van der Waals surface area contributed by atoms with E-state index in [-0.39, 0.29) is 41.8 Å². The van der Waals surface area contributed by atoms with Crippen LogP contribution in [0.25, 0.3) is 0 Å². The summed E-state index contributed by atoms with van der Waals surface area (Å²) in [5, 5.41) is 14.0. The third kappa shape index (κ3) is 11.2. The van der Waals surface area contributed by atoms with Crippen molar-refractivity contribution >= 4 is 46.3 Å². The van der Waals surface area contributed by atoms with Gasteiger partial charge in [0.25, 0.3) is 11.8 Å². The highest BCUT2D eigenvalue weighted by Gasteiger charge is 2.26. The van der Waals surface area contributed by atoms with E-state index in [1.54, 1.807) is 10.8 Å². The first-order valence-electron chi connectivity index (χ1n) is 17.6. The molecular weight excluding hydrogens is 659 g/mol. The lowest BCUT2D eigenvalue weighted by atomic mass is 10.0. The summed E-state index contributed by atoms with van der Waals surface area (Å²) in [6.45, 7) is 8.68. The van der Waals surface area contributed by atoms with Crippen molar-refractivity contribution in [1.29, 1.82) is 0 Å². The van der Waals surface area contributed by atoms with Gasteiger partial charge in [-0.25, -0.2) is 9.97 Å². The number of likely N-dealkylation sites (tertiary alicyclic amines) is 1. The molecule has 3 aromatic rings. The number of hydrogen-bond acceptors (Lipinski definition) is 9. The minimum absolute atomic E-state index is 0.0862. The topological polar surface area (TPSA) is 137 Å². The van der Waals surface area contributed by atoms with E-state index in [1.807, 2.05) is 35.2 Å². The molecule has 2 aliphatic rings. The molecule has 1 aromatic carbocycles. The highest BCUT2D eigenvalue weighted by Crippen LogP contribution is 2.27. The average molecular weight is 708 g/mol. The molecule has 4 amide bonds. The van der Waals surface area contributed by atoms with E-state index in [1.165, 1.54) is 35.5 Å². The summed E-state index contributed by atoms with van der Waals surface area (Å²) >= 11 is 2.69. The van der Waals surface area contributed by atoms with Crippen LogP contribution in [-0.4, -0.2) is 82.7 Å². The smallest absolute Gasteiger partial charge is 0.271 e. The normalized spacial score (nSPS) is 20.4. The molecule has 2 atom stereocenters. The number of nitrogens with zero attached hydrogens (tertiary/aromatic N) is 4. The van der Waals surface area contributed by atoms with Crippen LogP contribution in [0.15, 0.2) is 41.1 Å². The number of thiazole rings is 2. The summed E-state index contributed by atoms with van der Waals surface area (Å²) in [7, 11) is 0. The van der Waals surface area contributed by atoms with Crippen molar-refractivity contribution in [3.05, 3.63) is 68.1 Å². The van der Waals surface area contributed by atoms with Gasteiger partial charge in [-0.1, -0.05) is 44.2 Å². The van der Waals surface area contributed by atoms with Gasteiger partial charge in [0.1, 0.15) is 21.4 Å². The first kappa shape index (κ1) is 36.6. The lowest BCUT2D eigenvalue weighted by molar-refractivity contribution is -0.132. The number of rotatable bonds is 8. The number of carbonyl (C=O) groups excluding carboxylic acids is 4. The van der Waals surface area contributed by atoms with Crippen molar-refractivity contribution in [2.75, 3.05) is 39.3 Å². The number of carbonyl (C=O) groups is 4. The van der Waals surface area contributed by atoms with Crippen molar-refractivity contribution in [2.24, 2.45) is 5.92 Å². The van der Waals surface area contributed by atoms with Crippen LogP contribution in [0.5, 0.6) is 0 Å². The first-order chi connectivity index (χ1) is 23.7. The quantitative estimate of drug-likeness (QED) is 0.295. The lowest BCUT2D eigenvalue weighted by Gasteiger charge is -2.24. The van der Waals surface area contributed by atoms with Gasteiger partial charge >= 0.3 is 0 Å². The molecule has 0 saturated carbocycles. The van der Waals surface area contributed by atoms with E-state index in [4.69, 9.17) is 0 Å². The minimum atomic E-state index is -0.475. The van der Waals surface area contributed by atoms with E-state index in [2.05, 4.69) is 44.7 Å². The average Bonchev–Trinajstić information content (AvgIpc) is 3.88. The Bertz CT molecular complexity index is 1540. The molecule has 0 spiro atoms. The second-order valence-electron chi connectivity index (χ2n) is 13.4. The van der Waals surface area contributed by atoms with Crippen molar-refractivity contribution in [1.82, 2.24) is 35.7 Å². The number of amides is 4. The van der Waals surface area contributed by atoms with Gasteiger partial charge in [-0.15, -0.1) is 22.7 Å². The molecule has 1 fully saturated rings. The summed E-state index contributed by atoms with van der Waals surface area (Å²) in [6, 6.07) is 9.03. The van der Waals surface area contributed by atoms with Gasteiger partial charge in [0, 0.05) is 43.2 Å². The van der Waals surface area contributed by atoms with Crippen LogP contribution in [-0.2, 0) is 16.0 Å². The maximum absolute atomic E-state index is 13.6. The van der Waals surface area contributed by atoms with Gasteiger partial charge in [0.15, 0.2) is 0 Å². The van der Waals surface area contributed by atoms with Crippen LogP contribution in [0, 0.1) is 5.92 Å². The summed E-state index contributed by atoms with van der Waals surface area (Å²) in [4.78, 5) is 66.8. The molecule has 2 aromatic heterocycles. The second kappa shape index (κ2) is 18.4. The second-order valence-corrected chi connectivity index (χ2v) is 15.1. The molecule has 0 unspecified atom stereocenters. The van der Waals surface area contributed by atoms with Gasteiger partial charge in [-0.05, 0) is 76.1 Å². The van der Waals surface area contributed by atoms with Crippen LogP contribution in [0.1, 0.15) is 114 Å². The molecule has 49 heavy (non-hydrogen) atoms. The number of nitrogens with one attached hydrogen (secondary N) is 3. The molecule has 5 rings (SSSR count). The summed E-state index contributed by atoms with van der Waals surface area (Å²) < 4.78 is 0. The predicted octanol–water partition coefficient (Wildman–Crippen LogP) is 5.14. The largest absolute Gasteiger partial charge is 0.351 e. The lowest BCUT2D eigenvalue weighted by Crippen LogP contribution is -2.36. The van der Waals surface area contributed by atoms with Crippen molar-refractivity contribution in [3.63, 3.8) is 0 Å². The first-order valence-corrected chi connectivity index (χ1v) is 19.3. The Morgan fingerprint density at radius 1 is 0.857 bits per heavy atom. The highest BCUT2D eigenvalue weighted by molar-refractivity contribution is 7.10. The number of hydrogen-bond donors (Lipinski definition) is 3. The molecular formula is C36H49N7O4S2. The molecule has 1 saturated heterocycles. The van der Waals surface area contributed by atoms with Crippen molar-refractivity contribution < 1.29 is 19.2 Å². The maximum atomic E-state index is 13.6. The fraction of sp³-hybridized carbons (Fsp3) is 0.556. The van der Waals surface area contributed by atoms with Gasteiger partial charge in [-0.2, -0.15) is 0 Å². The maximum Gasteiger partial charge on any atom is 0.271 e. The summed E-state index contributed by atoms with van der Waals surface area (Å²) in [5.41, 5.74) is 1.60. The monoisotopic (exact) mass is 707 g/mol.